The largest absolute Gasteiger partial charge is 0.416 e. The Morgan fingerprint density at radius 2 is 1.95 bits per heavy atom. The van der Waals surface area contributed by atoms with Crippen molar-refractivity contribution < 1.29 is 4.43 Å². The van der Waals surface area contributed by atoms with E-state index in [1.807, 2.05) is 0 Å². The van der Waals surface area contributed by atoms with Gasteiger partial charge in [-0.1, -0.05) is 20.8 Å². The zero-order valence-electron chi connectivity index (χ0n) is 13.8. The maximum absolute atomic E-state index is 11.5. The fraction of sp³-hybridized carbons (Fsp3) is 0.500. The van der Waals surface area contributed by atoms with Crippen LogP contribution in [0.3, 0.4) is 0 Å². The van der Waals surface area contributed by atoms with E-state index in [9.17, 15) is 10.1 Å². The molecule has 1 aromatic carbocycles. The molecule has 0 bridgehead atoms. The summed E-state index contributed by atoms with van der Waals surface area (Å²) >= 11 is 0. The summed E-state index contributed by atoms with van der Waals surface area (Å²) in [6.45, 7) is 11.6. The number of aromatic amines is 2. The average Bonchev–Trinajstić information content (AvgIpc) is 2.78. The van der Waals surface area contributed by atoms with E-state index in [1.54, 1.807) is 12.1 Å². The average molecular weight is 317 g/mol. The number of imidazole rings is 1. The van der Waals surface area contributed by atoms with E-state index in [0.717, 1.165) is 11.1 Å². The first-order valence-electron chi connectivity index (χ1n) is 7.43. The lowest BCUT2D eigenvalue weighted by atomic mass is 10.0. The fourth-order valence-corrected chi connectivity index (χ4v) is 3.20. The van der Waals surface area contributed by atoms with E-state index in [1.165, 1.54) is 0 Å². The minimum Gasteiger partial charge on any atom is -0.416 e. The third-order valence-corrected chi connectivity index (χ3v) is 9.08. The Morgan fingerprint density at radius 1 is 1.27 bits per heavy atom. The van der Waals surface area contributed by atoms with Gasteiger partial charge in [-0.3, -0.25) is 0 Å². The molecule has 0 atom stereocenters. The van der Waals surface area contributed by atoms with Crippen LogP contribution in [-0.2, 0) is 10.8 Å². The molecule has 0 saturated carbocycles. The lowest BCUT2D eigenvalue weighted by Gasteiger charge is -2.36. The SMILES string of the molecule is CC(C)(C)[Si](C)(C)OCCc1c(C#N)ccc2[nH]c(=O)[nH]c12. The van der Waals surface area contributed by atoms with Crippen molar-refractivity contribution in [2.75, 3.05) is 6.61 Å². The van der Waals surface area contributed by atoms with Crippen LogP contribution < -0.4 is 5.69 Å². The number of aromatic nitrogens is 2. The second-order valence-corrected chi connectivity index (χ2v) is 11.9. The van der Waals surface area contributed by atoms with Gasteiger partial charge >= 0.3 is 5.69 Å². The van der Waals surface area contributed by atoms with E-state index in [4.69, 9.17) is 4.43 Å². The Hall–Kier alpha value is -1.84. The van der Waals surface area contributed by atoms with E-state index >= 15 is 0 Å². The monoisotopic (exact) mass is 317 g/mol. The molecule has 0 spiro atoms. The number of benzene rings is 1. The first-order valence-corrected chi connectivity index (χ1v) is 10.3. The van der Waals surface area contributed by atoms with Crippen LogP contribution in [-0.4, -0.2) is 24.9 Å². The Balaban J connectivity index is 2.25. The molecule has 0 unspecified atom stereocenters. The minimum absolute atomic E-state index is 0.152. The molecule has 0 radical (unpaired) electrons. The van der Waals surface area contributed by atoms with Crippen molar-refractivity contribution in [1.29, 1.82) is 5.26 Å². The Kier molecular flexibility index (Phi) is 4.32. The lowest BCUT2D eigenvalue weighted by molar-refractivity contribution is 0.292. The van der Waals surface area contributed by atoms with E-state index in [-0.39, 0.29) is 10.7 Å². The highest BCUT2D eigenvalue weighted by molar-refractivity contribution is 6.74. The maximum Gasteiger partial charge on any atom is 0.323 e. The first kappa shape index (κ1) is 16.5. The van der Waals surface area contributed by atoms with Crippen LogP contribution in [0, 0.1) is 11.3 Å². The van der Waals surface area contributed by atoms with Gasteiger partial charge in [0.2, 0.25) is 0 Å². The van der Waals surface area contributed by atoms with Crippen LogP contribution >= 0.6 is 0 Å². The number of hydrogen-bond donors (Lipinski definition) is 2. The van der Waals surface area contributed by atoms with Crippen molar-refractivity contribution in [3.05, 3.63) is 33.7 Å². The molecule has 6 heteroatoms. The summed E-state index contributed by atoms with van der Waals surface area (Å²) in [5, 5.41) is 9.44. The second-order valence-electron chi connectivity index (χ2n) is 7.06. The predicted octanol–water partition coefficient (Wildman–Crippen LogP) is 3.29. The maximum atomic E-state index is 11.5. The van der Waals surface area contributed by atoms with Crippen LogP contribution in [0.25, 0.3) is 11.0 Å². The van der Waals surface area contributed by atoms with Crippen molar-refractivity contribution in [1.82, 2.24) is 9.97 Å². The van der Waals surface area contributed by atoms with E-state index in [2.05, 4.69) is 49.9 Å². The van der Waals surface area contributed by atoms with Crippen LogP contribution in [0.2, 0.25) is 18.1 Å². The summed E-state index contributed by atoms with van der Waals surface area (Å²) in [6.07, 6.45) is 0.612. The number of hydrogen-bond acceptors (Lipinski definition) is 3. The lowest BCUT2D eigenvalue weighted by Crippen LogP contribution is -2.41. The molecule has 2 rings (SSSR count). The molecule has 1 aromatic heterocycles. The van der Waals surface area contributed by atoms with Gasteiger partial charge in [-0.05, 0) is 42.2 Å². The van der Waals surface area contributed by atoms with Crippen molar-refractivity contribution in [2.45, 2.75) is 45.3 Å². The van der Waals surface area contributed by atoms with E-state index in [0.29, 0.717) is 24.1 Å². The van der Waals surface area contributed by atoms with Crippen LogP contribution in [0.15, 0.2) is 16.9 Å². The van der Waals surface area contributed by atoms with Crippen molar-refractivity contribution in [3.8, 4) is 6.07 Å². The summed E-state index contributed by atoms with van der Waals surface area (Å²) in [4.78, 5) is 17.0. The summed E-state index contributed by atoms with van der Waals surface area (Å²) in [7, 11) is -1.81. The summed E-state index contributed by atoms with van der Waals surface area (Å²) in [5.41, 5.74) is 2.62. The normalized spacial score (nSPS) is 12.5. The molecule has 0 amide bonds. The summed E-state index contributed by atoms with van der Waals surface area (Å²) < 4.78 is 6.18. The molecule has 5 nitrogen and oxygen atoms in total. The Bertz CT molecular complexity index is 775. The molecule has 0 saturated heterocycles. The fourth-order valence-electron chi connectivity index (χ4n) is 2.15. The molecule has 22 heavy (non-hydrogen) atoms. The highest BCUT2D eigenvalue weighted by atomic mass is 28.4. The first-order chi connectivity index (χ1) is 10.2. The number of rotatable bonds is 4. The third kappa shape index (κ3) is 3.16. The number of nitrogens with one attached hydrogen (secondary N) is 2. The van der Waals surface area contributed by atoms with Gasteiger partial charge in [0.05, 0.1) is 22.7 Å². The summed E-state index contributed by atoms with van der Waals surface area (Å²) in [5.74, 6) is 0. The molecule has 1 heterocycles. The minimum atomic E-state index is -1.81. The van der Waals surface area contributed by atoms with Crippen molar-refractivity contribution in [2.24, 2.45) is 0 Å². The molecule has 118 valence electrons. The van der Waals surface area contributed by atoms with E-state index < -0.39 is 8.32 Å². The van der Waals surface area contributed by atoms with Gasteiger partial charge in [0.25, 0.3) is 0 Å². The highest BCUT2D eigenvalue weighted by Crippen LogP contribution is 2.36. The molecule has 0 aliphatic heterocycles. The smallest absolute Gasteiger partial charge is 0.323 e. The second kappa shape index (κ2) is 5.74. The molecule has 2 N–H and O–H groups in total. The van der Waals surface area contributed by atoms with Gasteiger partial charge in [-0.25, -0.2) is 4.79 Å². The molecule has 2 aromatic rings. The molecule has 0 aliphatic carbocycles. The quantitative estimate of drug-likeness (QED) is 0.849. The van der Waals surface area contributed by atoms with Crippen LogP contribution in [0.1, 0.15) is 31.9 Å². The standard InChI is InChI=1S/C16H23N3O2Si/c1-16(2,3)22(4,5)21-9-8-12-11(10-17)6-7-13-14(12)19-15(20)18-13/h6-7H,8-9H2,1-5H3,(H2,18,19,20). The third-order valence-electron chi connectivity index (χ3n) is 4.54. The van der Waals surface area contributed by atoms with Crippen molar-refractivity contribution in [3.63, 3.8) is 0 Å². The summed E-state index contributed by atoms with van der Waals surface area (Å²) in [6, 6.07) is 5.69. The zero-order valence-corrected chi connectivity index (χ0v) is 14.8. The van der Waals surface area contributed by atoms with Gasteiger partial charge in [0, 0.05) is 6.61 Å². The highest BCUT2D eigenvalue weighted by Gasteiger charge is 2.36. The van der Waals surface area contributed by atoms with Gasteiger partial charge in [0.1, 0.15) is 0 Å². The zero-order chi connectivity index (χ0) is 16.5. The van der Waals surface area contributed by atoms with Gasteiger partial charge in [-0.15, -0.1) is 0 Å². The van der Waals surface area contributed by atoms with Gasteiger partial charge in [0.15, 0.2) is 8.32 Å². The molecular formula is C16H23N3O2Si. The number of H-pyrrole nitrogens is 2. The number of nitriles is 1. The molecular weight excluding hydrogens is 294 g/mol. The van der Waals surface area contributed by atoms with Crippen LogP contribution in [0.4, 0.5) is 0 Å². The number of nitrogens with zero attached hydrogens (tertiary/aromatic N) is 1. The predicted molar refractivity (Wildman–Crippen MR) is 90.5 cm³/mol. The van der Waals surface area contributed by atoms with Crippen molar-refractivity contribution >= 4 is 19.4 Å². The van der Waals surface area contributed by atoms with Crippen LogP contribution in [0.5, 0.6) is 0 Å². The molecule has 0 fully saturated rings. The number of fused-ring (bicyclic) bond motifs is 1. The van der Waals surface area contributed by atoms with Gasteiger partial charge < -0.3 is 14.4 Å². The Labute approximate surface area is 131 Å². The van der Waals surface area contributed by atoms with Gasteiger partial charge in [-0.2, -0.15) is 5.26 Å². The molecule has 0 aliphatic rings. The Morgan fingerprint density at radius 3 is 2.55 bits per heavy atom. The topological polar surface area (TPSA) is 81.7 Å².